The molecular formula is C6H10N2S3. The van der Waals surface area contributed by atoms with Crippen molar-refractivity contribution in [2.24, 2.45) is 14.1 Å². The summed E-state index contributed by atoms with van der Waals surface area (Å²) in [5.41, 5.74) is 0. The zero-order valence-electron chi connectivity index (χ0n) is 6.66. The van der Waals surface area contributed by atoms with E-state index in [1.165, 1.54) is 0 Å². The van der Waals surface area contributed by atoms with Crippen LogP contribution in [0.15, 0.2) is 10.1 Å². The molecule has 5 heteroatoms. The van der Waals surface area contributed by atoms with Gasteiger partial charge >= 0.3 is 0 Å². The fraction of sp³-hybridized carbons (Fsp3) is 0.500. The number of thiol groups is 1. The molecule has 0 aliphatic rings. The Labute approximate surface area is 81.0 Å². The normalized spacial score (nSPS) is 10.5. The molecule has 0 aliphatic heterocycles. The average Bonchev–Trinajstić information content (AvgIpc) is 2.17. The van der Waals surface area contributed by atoms with Gasteiger partial charge in [-0.2, -0.15) is 0 Å². The minimum atomic E-state index is 0.805. The molecule has 11 heavy (non-hydrogen) atoms. The first-order valence-electron chi connectivity index (χ1n) is 3.08. The van der Waals surface area contributed by atoms with E-state index in [1.54, 1.807) is 11.8 Å². The van der Waals surface area contributed by atoms with Gasteiger partial charge in [0.15, 0.2) is 4.77 Å². The summed E-state index contributed by atoms with van der Waals surface area (Å²) in [6, 6.07) is 0. The van der Waals surface area contributed by atoms with Crippen LogP contribution in [0.3, 0.4) is 0 Å². The summed E-state index contributed by atoms with van der Waals surface area (Å²) >= 11 is 11.1. The van der Waals surface area contributed by atoms with Gasteiger partial charge < -0.3 is 9.13 Å². The van der Waals surface area contributed by atoms with Gasteiger partial charge in [0.05, 0.1) is 0 Å². The van der Waals surface area contributed by atoms with Crippen molar-refractivity contribution in [1.29, 1.82) is 0 Å². The number of aromatic nitrogens is 2. The lowest BCUT2D eigenvalue weighted by atomic mass is 10.9. The van der Waals surface area contributed by atoms with E-state index >= 15 is 0 Å². The molecule has 0 spiro atoms. The van der Waals surface area contributed by atoms with Crippen LogP contribution in [0, 0.1) is 4.77 Å². The zero-order valence-corrected chi connectivity index (χ0v) is 9.19. The summed E-state index contributed by atoms with van der Waals surface area (Å²) in [6.45, 7) is 0. The maximum Gasteiger partial charge on any atom is 0.181 e. The fourth-order valence-electron chi connectivity index (χ4n) is 0.924. The first-order valence-corrected chi connectivity index (χ1v) is 5.16. The highest BCUT2D eigenvalue weighted by molar-refractivity contribution is 7.99. The Balaban J connectivity index is 3.48. The lowest BCUT2D eigenvalue weighted by molar-refractivity contribution is 0.775. The van der Waals surface area contributed by atoms with E-state index in [0.717, 1.165) is 14.8 Å². The van der Waals surface area contributed by atoms with Crippen molar-refractivity contribution in [3.8, 4) is 0 Å². The molecule has 0 fully saturated rings. The summed E-state index contributed by atoms with van der Waals surface area (Å²) in [4.78, 5) is 0. The Morgan fingerprint density at radius 3 is 2.09 bits per heavy atom. The van der Waals surface area contributed by atoms with Crippen molar-refractivity contribution in [2.45, 2.75) is 10.1 Å². The second-order valence-corrected chi connectivity index (χ2v) is 3.82. The quantitative estimate of drug-likeness (QED) is 0.428. The largest absolute Gasteiger partial charge is 0.314 e. The van der Waals surface area contributed by atoms with Gasteiger partial charge in [0, 0.05) is 14.1 Å². The SMILES string of the molecule is CSc1c(S)n(C)c(=S)n1C. The molecule has 0 N–H and O–H groups in total. The molecule has 0 atom stereocenters. The fourth-order valence-corrected chi connectivity index (χ4v) is 2.43. The molecule has 2 nitrogen and oxygen atoms in total. The smallest absolute Gasteiger partial charge is 0.181 e. The minimum Gasteiger partial charge on any atom is -0.314 e. The van der Waals surface area contributed by atoms with Crippen LogP contribution in [0.25, 0.3) is 0 Å². The molecule has 0 aromatic carbocycles. The predicted molar refractivity (Wildman–Crippen MR) is 54.3 cm³/mol. The standard InChI is InChI=1S/C6H10N2S3/c1-7-4(9)5(11-3)8(2)6(7)10/h9H,1-3H3. The van der Waals surface area contributed by atoms with Crippen LogP contribution in [-0.4, -0.2) is 15.4 Å². The zero-order chi connectivity index (χ0) is 8.59. The van der Waals surface area contributed by atoms with E-state index in [1.807, 2.05) is 29.5 Å². The average molecular weight is 206 g/mol. The molecule has 1 aromatic heterocycles. The summed E-state index contributed by atoms with van der Waals surface area (Å²) in [6.07, 6.45) is 2.02. The first kappa shape index (κ1) is 9.22. The van der Waals surface area contributed by atoms with Gasteiger partial charge in [-0.1, -0.05) is 0 Å². The van der Waals surface area contributed by atoms with Crippen LogP contribution in [0.5, 0.6) is 0 Å². The Kier molecular flexibility index (Phi) is 2.72. The molecular weight excluding hydrogens is 196 g/mol. The molecule has 0 saturated carbocycles. The van der Waals surface area contributed by atoms with Gasteiger partial charge in [-0.15, -0.1) is 24.4 Å². The molecule has 0 bridgehead atoms. The van der Waals surface area contributed by atoms with E-state index in [0.29, 0.717) is 0 Å². The van der Waals surface area contributed by atoms with E-state index in [4.69, 9.17) is 12.2 Å². The number of hydrogen-bond donors (Lipinski definition) is 1. The lowest BCUT2D eigenvalue weighted by Gasteiger charge is -1.96. The van der Waals surface area contributed by atoms with Crippen molar-refractivity contribution in [2.75, 3.05) is 6.26 Å². The number of rotatable bonds is 1. The maximum atomic E-state index is 5.13. The van der Waals surface area contributed by atoms with E-state index in [-0.39, 0.29) is 0 Å². The highest BCUT2D eigenvalue weighted by Crippen LogP contribution is 2.24. The monoisotopic (exact) mass is 206 g/mol. The van der Waals surface area contributed by atoms with Crippen molar-refractivity contribution < 1.29 is 0 Å². The molecule has 1 aromatic rings. The molecule has 0 aliphatic carbocycles. The van der Waals surface area contributed by atoms with E-state index in [9.17, 15) is 0 Å². The Morgan fingerprint density at radius 1 is 1.36 bits per heavy atom. The van der Waals surface area contributed by atoms with Gasteiger partial charge in [-0.05, 0) is 18.5 Å². The van der Waals surface area contributed by atoms with Gasteiger partial charge in [0.2, 0.25) is 0 Å². The van der Waals surface area contributed by atoms with E-state index < -0.39 is 0 Å². The highest BCUT2D eigenvalue weighted by Gasteiger charge is 2.07. The van der Waals surface area contributed by atoms with Crippen LogP contribution >= 0.6 is 36.6 Å². The van der Waals surface area contributed by atoms with Crippen molar-refractivity contribution in [3.05, 3.63) is 4.77 Å². The minimum absolute atomic E-state index is 0.805. The van der Waals surface area contributed by atoms with Gasteiger partial charge in [0.25, 0.3) is 0 Å². The first-order chi connectivity index (χ1) is 5.09. The van der Waals surface area contributed by atoms with Crippen LogP contribution < -0.4 is 0 Å². The van der Waals surface area contributed by atoms with E-state index in [2.05, 4.69) is 12.6 Å². The second-order valence-electron chi connectivity index (χ2n) is 2.23. The number of imidazole rings is 1. The van der Waals surface area contributed by atoms with Gasteiger partial charge in [-0.25, -0.2) is 0 Å². The lowest BCUT2D eigenvalue weighted by Crippen LogP contribution is -1.91. The Morgan fingerprint density at radius 2 is 1.91 bits per heavy atom. The summed E-state index contributed by atoms with van der Waals surface area (Å²) in [5, 5.41) is 2.05. The van der Waals surface area contributed by atoms with Crippen LogP contribution in [0.1, 0.15) is 0 Å². The van der Waals surface area contributed by atoms with Crippen molar-refractivity contribution >= 4 is 36.6 Å². The van der Waals surface area contributed by atoms with Gasteiger partial charge in [-0.3, -0.25) is 0 Å². The molecule has 62 valence electrons. The molecule has 0 amide bonds. The number of thioether (sulfide) groups is 1. The summed E-state index contributed by atoms with van der Waals surface area (Å²) in [7, 11) is 3.87. The molecule has 1 rings (SSSR count). The Bertz CT molecular complexity index is 323. The van der Waals surface area contributed by atoms with Crippen LogP contribution in [-0.2, 0) is 14.1 Å². The van der Waals surface area contributed by atoms with Crippen LogP contribution in [0.2, 0.25) is 0 Å². The third-order valence-electron chi connectivity index (χ3n) is 1.58. The molecule has 0 unspecified atom stereocenters. The van der Waals surface area contributed by atoms with Crippen LogP contribution in [0.4, 0.5) is 0 Å². The second kappa shape index (κ2) is 3.25. The Hall–Kier alpha value is 0.130. The van der Waals surface area contributed by atoms with Crippen molar-refractivity contribution in [3.63, 3.8) is 0 Å². The molecule has 0 saturated heterocycles. The third-order valence-corrected chi connectivity index (χ3v) is 3.65. The third kappa shape index (κ3) is 1.37. The maximum absolute atomic E-state index is 5.13. The topological polar surface area (TPSA) is 9.86 Å². The summed E-state index contributed by atoms with van der Waals surface area (Å²) in [5.74, 6) is 0. The van der Waals surface area contributed by atoms with Gasteiger partial charge in [0.1, 0.15) is 10.1 Å². The van der Waals surface area contributed by atoms with Crippen molar-refractivity contribution in [1.82, 2.24) is 9.13 Å². The number of hydrogen-bond acceptors (Lipinski definition) is 3. The predicted octanol–water partition coefficient (Wildman–Crippen LogP) is 2.10. The highest BCUT2D eigenvalue weighted by atomic mass is 32.2. The molecule has 0 radical (unpaired) electrons. The molecule has 1 heterocycles. The summed E-state index contributed by atoms with van der Waals surface area (Å²) < 4.78 is 4.66. The number of nitrogens with zero attached hydrogens (tertiary/aromatic N) is 2.